The second-order valence-electron chi connectivity index (χ2n) is 3.93. The van der Waals surface area contributed by atoms with Crippen LogP contribution in [0.3, 0.4) is 0 Å². The van der Waals surface area contributed by atoms with Crippen LogP contribution in [0.5, 0.6) is 5.75 Å². The third-order valence-corrected chi connectivity index (χ3v) is 3.93. The smallest absolute Gasteiger partial charge is 0.123 e. The predicted octanol–water partition coefficient (Wildman–Crippen LogP) is 3.05. The molecule has 0 fully saturated rings. The van der Waals surface area contributed by atoms with Crippen LogP contribution >= 0.6 is 7.92 Å². The summed E-state index contributed by atoms with van der Waals surface area (Å²) in [7, 11) is -0.163. The molecule has 0 aliphatic rings. The maximum Gasteiger partial charge on any atom is 0.123 e. The van der Waals surface area contributed by atoms with Crippen LogP contribution in [0.1, 0.15) is 0 Å². The van der Waals surface area contributed by atoms with Gasteiger partial charge in [-0.1, -0.05) is 50.4 Å². The fourth-order valence-corrected chi connectivity index (χ4v) is 2.85. The Kier molecular flexibility index (Phi) is 4.78. The van der Waals surface area contributed by atoms with Gasteiger partial charge in [-0.05, 0) is 30.3 Å². The molecule has 3 radical (unpaired) electrons. The van der Waals surface area contributed by atoms with E-state index in [4.69, 9.17) is 0 Å². The second-order valence-corrected chi connectivity index (χ2v) is 6.20. The molecule has 17 heavy (non-hydrogen) atoms. The molecule has 3 heteroatoms. The number of para-hydroxylation sites is 1. The summed E-state index contributed by atoms with van der Waals surface area (Å²) in [6.45, 7) is 4.46. The van der Waals surface area contributed by atoms with Gasteiger partial charge in [-0.3, -0.25) is 0 Å². The molecule has 0 heterocycles. The molecule has 0 aromatic heterocycles. The van der Waals surface area contributed by atoms with Crippen molar-refractivity contribution in [2.24, 2.45) is 0 Å². The van der Waals surface area contributed by atoms with E-state index >= 15 is 0 Å². The van der Waals surface area contributed by atoms with Crippen LogP contribution in [-0.2, 0) is 0 Å². The van der Waals surface area contributed by atoms with Crippen molar-refractivity contribution in [2.75, 3.05) is 13.3 Å². The Bertz CT molecular complexity index is 497. The van der Waals surface area contributed by atoms with E-state index < -0.39 is 0 Å². The highest BCUT2D eigenvalue weighted by molar-refractivity contribution is 7.64. The Labute approximate surface area is 106 Å². The maximum absolute atomic E-state index is 9.88. The van der Waals surface area contributed by atoms with Gasteiger partial charge in [0.25, 0.3) is 0 Å². The van der Waals surface area contributed by atoms with Crippen molar-refractivity contribution in [3.05, 3.63) is 48.5 Å². The zero-order chi connectivity index (χ0) is 11.5. The van der Waals surface area contributed by atoms with E-state index in [2.05, 4.69) is 31.5 Å². The van der Waals surface area contributed by atoms with Gasteiger partial charge in [0, 0.05) is 14.0 Å². The van der Waals surface area contributed by atoms with Crippen LogP contribution in [0.2, 0.25) is 0 Å². The summed E-state index contributed by atoms with van der Waals surface area (Å²) in [4.78, 5) is 0. The first kappa shape index (κ1) is 13.8. The van der Waals surface area contributed by atoms with Crippen molar-refractivity contribution in [3.8, 4) is 16.9 Å². The molecule has 0 bridgehead atoms. The number of hydrogen-bond acceptors (Lipinski definition) is 1. The fraction of sp³-hybridized carbons (Fsp3) is 0.143. The number of rotatable bonds is 2. The van der Waals surface area contributed by atoms with E-state index in [-0.39, 0.29) is 16.3 Å². The number of benzene rings is 2. The van der Waals surface area contributed by atoms with Crippen LogP contribution in [0.4, 0.5) is 0 Å². The van der Waals surface area contributed by atoms with E-state index in [1.807, 2.05) is 24.3 Å². The van der Waals surface area contributed by atoms with Gasteiger partial charge in [-0.25, -0.2) is 0 Å². The van der Waals surface area contributed by atoms with Crippen molar-refractivity contribution in [2.45, 2.75) is 0 Å². The summed E-state index contributed by atoms with van der Waals surface area (Å²) in [6.07, 6.45) is 0. The summed E-state index contributed by atoms with van der Waals surface area (Å²) < 4.78 is 0. The quantitative estimate of drug-likeness (QED) is 0.632. The summed E-state index contributed by atoms with van der Waals surface area (Å²) >= 11 is 0. The summed E-state index contributed by atoms with van der Waals surface area (Å²) in [5.74, 6) is 0.354. The molecule has 0 saturated heterocycles. The molecule has 0 aliphatic heterocycles. The van der Waals surface area contributed by atoms with Gasteiger partial charge in [-0.2, -0.15) is 0 Å². The van der Waals surface area contributed by atoms with Gasteiger partial charge < -0.3 is 5.11 Å². The first-order valence-electron chi connectivity index (χ1n) is 5.25. The van der Waals surface area contributed by atoms with Crippen LogP contribution in [-0.4, -0.2) is 26.8 Å². The van der Waals surface area contributed by atoms with Gasteiger partial charge in [0.05, 0.1) is 0 Å². The van der Waals surface area contributed by atoms with Gasteiger partial charge in [0.15, 0.2) is 0 Å². The summed E-state index contributed by atoms with van der Waals surface area (Å²) in [5, 5.41) is 11.2. The maximum atomic E-state index is 9.88. The Morgan fingerprint density at radius 2 is 1.35 bits per heavy atom. The summed E-state index contributed by atoms with van der Waals surface area (Å²) in [6, 6.07) is 15.8. The van der Waals surface area contributed by atoms with Crippen molar-refractivity contribution >= 4 is 21.6 Å². The molecule has 2 rings (SSSR count). The van der Waals surface area contributed by atoms with Crippen LogP contribution in [0.25, 0.3) is 11.1 Å². The largest absolute Gasteiger partial charge is 0.507 e. The van der Waals surface area contributed by atoms with E-state index in [0.717, 1.165) is 11.1 Å². The molecule has 2 aromatic rings. The van der Waals surface area contributed by atoms with Gasteiger partial charge in [-0.15, -0.1) is 0 Å². The van der Waals surface area contributed by atoms with Crippen molar-refractivity contribution < 1.29 is 5.11 Å². The molecule has 1 nitrogen and oxygen atoms in total. The van der Waals surface area contributed by atoms with Crippen LogP contribution < -0.4 is 5.30 Å². The molecule has 85 valence electrons. The molecule has 0 spiro atoms. The molecule has 1 N–H and O–H groups in total. The minimum atomic E-state index is -0.163. The van der Waals surface area contributed by atoms with Gasteiger partial charge in [0.2, 0.25) is 0 Å². The number of hydrogen-bond donors (Lipinski definition) is 1. The average Bonchev–Trinajstić information content (AvgIpc) is 2.29. The molecule has 2 aromatic carbocycles. The highest BCUT2D eigenvalue weighted by Crippen LogP contribution is 2.34. The highest BCUT2D eigenvalue weighted by atomic mass is 31.1. The van der Waals surface area contributed by atoms with Crippen molar-refractivity contribution in [1.82, 2.24) is 0 Å². The predicted molar refractivity (Wildman–Crippen MR) is 77.7 cm³/mol. The Morgan fingerprint density at radius 1 is 0.824 bits per heavy atom. The van der Waals surface area contributed by atoms with E-state index in [1.54, 1.807) is 6.07 Å². The first-order valence-corrected chi connectivity index (χ1v) is 7.48. The average molecular weight is 241 g/mol. The molecule has 0 amide bonds. The minimum absolute atomic E-state index is 0. The van der Waals surface area contributed by atoms with E-state index in [9.17, 15) is 5.11 Å². The van der Waals surface area contributed by atoms with Gasteiger partial charge >= 0.3 is 0 Å². The van der Waals surface area contributed by atoms with E-state index in [0.29, 0.717) is 5.75 Å². The Hall–Kier alpha value is -1.27. The molecule has 0 saturated carbocycles. The Morgan fingerprint density at radius 3 is 1.94 bits per heavy atom. The molecular formula is C14H15BOP. The fourth-order valence-electron chi connectivity index (χ4n) is 1.79. The molecule has 0 atom stereocenters. The molecule has 0 unspecified atom stereocenters. The lowest BCUT2D eigenvalue weighted by molar-refractivity contribution is 0.477. The minimum Gasteiger partial charge on any atom is -0.507 e. The number of aromatic hydroxyl groups is 1. The molecular weight excluding hydrogens is 226 g/mol. The Balaban J connectivity index is 0.00000144. The number of phenols is 1. The monoisotopic (exact) mass is 241 g/mol. The number of phenolic OH excluding ortho intramolecular Hbond substituents is 1. The lowest BCUT2D eigenvalue weighted by Gasteiger charge is -2.13. The lowest BCUT2D eigenvalue weighted by atomic mass is 10.0. The van der Waals surface area contributed by atoms with E-state index in [1.165, 1.54) is 5.30 Å². The lowest BCUT2D eigenvalue weighted by Crippen LogP contribution is -2.03. The van der Waals surface area contributed by atoms with Gasteiger partial charge in [0.1, 0.15) is 5.75 Å². The zero-order valence-corrected chi connectivity index (χ0v) is 11.0. The first-order chi connectivity index (χ1) is 7.70. The third-order valence-electron chi connectivity index (χ3n) is 2.58. The van der Waals surface area contributed by atoms with Crippen molar-refractivity contribution in [3.63, 3.8) is 0 Å². The highest BCUT2D eigenvalue weighted by Gasteiger charge is 2.09. The second kappa shape index (κ2) is 5.88. The normalized spacial score (nSPS) is 10.1. The van der Waals surface area contributed by atoms with Crippen molar-refractivity contribution in [1.29, 1.82) is 0 Å². The zero-order valence-electron chi connectivity index (χ0n) is 10.1. The SMILES string of the molecule is CP(C)c1ccccc1-c1ccccc1O.[B]. The third kappa shape index (κ3) is 2.89. The molecule has 0 aliphatic carbocycles. The van der Waals surface area contributed by atoms with Crippen LogP contribution in [0.15, 0.2) is 48.5 Å². The summed E-state index contributed by atoms with van der Waals surface area (Å²) in [5.41, 5.74) is 2.08. The standard InChI is InChI=1S/C14H15OP.B/c1-16(2)14-10-6-4-8-12(14)11-7-3-5-9-13(11)15;/h3-10,15H,1-2H3;. The van der Waals surface area contributed by atoms with Crippen LogP contribution in [0, 0.1) is 0 Å². The topological polar surface area (TPSA) is 20.2 Å².